The smallest absolute Gasteiger partial charge is 0.329 e. The number of para-hydroxylation sites is 1. The van der Waals surface area contributed by atoms with Crippen molar-refractivity contribution in [3.05, 3.63) is 83.2 Å². The summed E-state index contributed by atoms with van der Waals surface area (Å²) in [7, 11) is 2.19. The predicted molar refractivity (Wildman–Crippen MR) is 186 cm³/mol. The second-order valence-corrected chi connectivity index (χ2v) is 12.1. The van der Waals surface area contributed by atoms with Crippen molar-refractivity contribution in [2.24, 2.45) is 4.99 Å². The third-order valence-corrected chi connectivity index (χ3v) is 8.46. The SMILES string of the molecule is C=C1/C(=C\N=C(C)C)CN(c2c(C)cccc2C)C(=O)N1C1CCCCC1.CC.Cc1ccc(N2CCN(C)CC2)cc1. The zero-order chi connectivity index (χ0) is 31.5. The molecule has 0 bridgehead atoms. The molecule has 6 nitrogen and oxygen atoms in total. The highest BCUT2D eigenvalue weighted by molar-refractivity contribution is 5.97. The van der Waals surface area contributed by atoms with Crippen LogP contribution in [0.3, 0.4) is 0 Å². The molecule has 0 unspecified atom stereocenters. The average molecular weight is 586 g/mol. The van der Waals surface area contributed by atoms with E-state index in [-0.39, 0.29) is 12.1 Å². The molecule has 0 atom stereocenters. The van der Waals surface area contributed by atoms with Crippen LogP contribution in [0.2, 0.25) is 0 Å². The Morgan fingerprint density at radius 3 is 2.02 bits per heavy atom. The van der Waals surface area contributed by atoms with Crippen LogP contribution in [-0.4, -0.2) is 67.4 Å². The Labute approximate surface area is 261 Å². The molecule has 0 radical (unpaired) electrons. The van der Waals surface area contributed by atoms with E-state index >= 15 is 0 Å². The molecule has 0 spiro atoms. The van der Waals surface area contributed by atoms with Gasteiger partial charge in [-0.25, -0.2) is 4.79 Å². The molecule has 0 N–H and O–H groups in total. The van der Waals surface area contributed by atoms with Gasteiger partial charge in [-0.05, 0) is 77.8 Å². The Hall–Kier alpha value is -3.38. The molecule has 2 aromatic carbocycles. The van der Waals surface area contributed by atoms with E-state index in [1.807, 2.05) is 49.8 Å². The molecule has 1 saturated carbocycles. The number of benzene rings is 2. The number of likely N-dealkylation sites (N-methyl/N-ethyl adjacent to an activating group) is 1. The Morgan fingerprint density at radius 1 is 0.884 bits per heavy atom. The minimum absolute atomic E-state index is 0.0543. The number of aryl methyl sites for hydroxylation is 3. The molecule has 2 aliphatic heterocycles. The predicted octanol–water partition coefficient (Wildman–Crippen LogP) is 8.53. The molecule has 2 saturated heterocycles. The van der Waals surface area contributed by atoms with Crippen LogP contribution in [-0.2, 0) is 0 Å². The van der Waals surface area contributed by atoms with Gasteiger partial charge in [-0.3, -0.25) is 14.8 Å². The van der Waals surface area contributed by atoms with E-state index in [1.54, 1.807) is 0 Å². The van der Waals surface area contributed by atoms with E-state index in [1.165, 1.54) is 43.6 Å². The Bertz CT molecular complexity index is 1240. The number of anilines is 2. The average Bonchev–Trinajstić information content (AvgIpc) is 3.00. The summed E-state index contributed by atoms with van der Waals surface area (Å²) in [6.45, 7) is 23.7. The van der Waals surface area contributed by atoms with E-state index in [0.717, 1.165) is 59.7 Å². The molecular formula is C37H55N5O. The molecule has 2 amide bonds. The quantitative estimate of drug-likeness (QED) is 0.338. The van der Waals surface area contributed by atoms with Crippen LogP contribution in [0, 0.1) is 20.8 Å². The number of carbonyl (C=O) groups is 1. The Morgan fingerprint density at radius 2 is 1.47 bits per heavy atom. The largest absolute Gasteiger partial charge is 0.369 e. The van der Waals surface area contributed by atoms with Gasteiger partial charge in [0.2, 0.25) is 0 Å². The van der Waals surface area contributed by atoms with Crippen LogP contribution in [0.25, 0.3) is 0 Å². The number of piperazine rings is 1. The molecule has 0 aromatic heterocycles. The highest BCUT2D eigenvalue weighted by Gasteiger charge is 2.38. The van der Waals surface area contributed by atoms with Gasteiger partial charge >= 0.3 is 6.03 Å². The van der Waals surface area contributed by atoms with Crippen LogP contribution in [0.5, 0.6) is 0 Å². The zero-order valence-electron chi connectivity index (χ0n) is 28.1. The van der Waals surface area contributed by atoms with E-state index < -0.39 is 0 Å². The summed E-state index contributed by atoms with van der Waals surface area (Å²) in [5, 5.41) is 0. The molecular weight excluding hydrogens is 530 g/mol. The van der Waals surface area contributed by atoms with Gasteiger partial charge in [0.1, 0.15) is 0 Å². The molecule has 3 fully saturated rings. The Kier molecular flexibility index (Phi) is 13.1. The number of hydrogen-bond donors (Lipinski definition) is 0. The van der Waals surface area contributed by atoms with Crippen LogP contribution in [0.4, 0.5) is 16.2 Å². The van der Waals surface area contributed by atoms with Crippen LogP contribution < -0.4 is 9.80 Å². The van der Waals surface area contributed by atoms with Crippen molar-refractivity contribution in [3.8, 4) is 0 Å². The lowest BCUT2D eigenvalue weighted by molar-refractivity contribution is 0.181. The summed E-state index contributed by atoms with van der Waals surface area (Å²) in [6, 6.07) is 15.3. The van der Waals surface area contributed by atoms with Gasteiger partial charge in [0.25, 0.3) is 0 Å². The molecule has 3 aliphatic rings. The van der Waals surface area contributed by atoms with Crippen molar-refractivity contribution >= 4 is 23.1 Å². The van der Waals surface area contributed by atoms with Gasteiger partial charge in [-0.15, -0.1) is 0 Å². The highest BCUT2D eigenvalue weighted by Crippen LogP contribution is 2.36. The standard InChI is InChI=1S/C23H31N3O.C12H18N2.C2H6/c1-16(2)24-14-20-15-25(22-17(3)10-9-11-18(22)4)23(27)26(19(20)5)21-12-7-6-8-13-21;1-11-3-5-12(6-4-11)14-9-7-13(2)8-10-14;1-2/h9-11,14,21H,5-8,12-13,15H2,1-4H3;3-6H,7-10H2,1-2H3;1-2H3/b20-14-;;. The maximum absolute atomic E-state index is 13.6. The second kappa shape index (κ2) is 16.5. The lowest BCUT2D eigenvalue weighted by atomic mass is 9.92. The van der Waals surface area contributed by atoms with Crippen LogP contribution >= 0.6 is 0 Å². The summed E-state index contributed by atoms with van der Waals surface area (Å²) in [6.07, 6.45) is 7.60. The molecule has 5 rings (SSSR count). The number of carbonyl (C=O) groups excluding carboxylic acids is 1. The van der Waals surface area contributed by atoms with Gasteiger partial charge in [-0.2, -0.15) is 0 Å². The third kappa shape index (κ3) is 9.06. The summed E-state index contributed by atoms with van der Waals surface area (Å²) in [5.74, 6) is 0. The van der Waals surface area contributed by atoms with Crippen molar-refractivity contribution < 1.29 is 4.79 Å². The molecule has 2 aromatic rings. The van der Waals surface area contributed by atoms with Crippen LogP contribution in [0.1, 0.15) is 76.5 Å². The van der Waals surface area contributed by atoms with E-state index in [2.05, 4.69) is 85.6 Å². The topological polar surface area (TPSA) is 42.4 Å². The Balaban J connectivity index is 0.000000265. The van der Waals surface area contributed by atoms with E-state index in [9.17, 15) is 4.79 Å². The fraction of sp³-hybridized carbons (Fsp3) is 0.514. The number of urea groups is 1. The lowest BCUT2D eigenvalue weighted by Gasteiger charge is -2.44. The summed E-state index contributed by atoms with van der Waals surface area (Å²) in [5.41, 5.74) is 8.78. The van der Waals surface area contributed by atoms with E-state index in [4.69, 9.17) is 0 Å². The molecule has 1 aliphatic carbocycles. The highest BCUT2D eigenvalue weighted by atomic mass is 16.2. The third-order valence-electron chi connectivity index (χ3n) is 8.46. The van der Waals surface area contributed by atoms with Gasteiger partial charge in [-0.1, -0.05) is 75.6 Å². The number of rotatable bonds is 4. The van der Waals surface area contributed by atoms with Crippen molar-refractivity contribution in [3.63, 3.8) is 0 Å². The molecule has 43 heavy (non-hydrogen) atoms. The van der Waals surface area contributed by atoms with Crippen molar-refractivity contribution in [1.29, 1.82) is 0 Å². The van der Waals surface area contributed by atoms with Gasteiger partial charge in [0, 0.05) is 61.1 Å². The molecule has 234 valence electrons. The first-order valence-electron chi connectivity index (χ1n) is 16.2. The minimum atomic E-state index is 0.0543. The van der Waals surface area contributed by atoms with E-state index in [0.29, 0.717) is 6.54 Å². The van der Waals surface area contributed by atoms with Crippen molar-refractivity contribution in [2.75, 3.05) is 49.6 Å². The molecule has 2 heterocycles. The summed E-state index contributed by atoms with van der Waals surface area (Å²) >= 11 is 0. The first-order valence-corrected chi connectivity index (χ1v) is 16.2. The number of hydrogen-bond acceptors (Lipinski definition) is 4. The maximum atomic E-state index is 13.6. The second-order valence-electron chi connectivity index (χ2n) is 12.1. The maximum Gasteiger partial charge on any atom is 0.329 e. The number of aliphatic imine (C=N–C) groups is 1. The number of amides is 2. The monoisotopic (exact) mass is 585 g/mol. The first kappa shape index (κ1) is 34.1. The molecule has 6 heteroatoms. The fourth-order valence-corrected chi connectivity index (χ4v) is 5.99. The first-order chi connectivity index (χ1) is 20.7. The summed E-state index contributed by atoms with van der Waals surface area (Å²) < 4.78 is 0. The van der Waals surface area contributed by atoms with Gasteiger partial charge in [0.05, 0.1) is 12.2 Å². The van der Waals surface area contributed by atoms with Gasteiger partial charge in [0.15, 0.2) is 0 Å². The fourth-order valence-electron chi connectivity index (χ4n) is 5.99. The van der Waals surface area contributed by atoms with Gasteiger partial charge < -0.3 is 9.80 Å². The normalized spacial score (nSPS) is 19.0. The van der Waals surface area contributed by atoms with Crippen LogP contribution in [0.15, 0.2) is 71.5 Å². The number of nitrogens with zero attached hydrogens (tertiary/aromatic N) is 5. The minimum Gasteiger partial charge on any atom is -0.369 e. The zero-order valence-corrected chi connectivity index (χ0v) is 28.1. The van der Waals surface area contributed by atoms with Crippen molar-refractivity contribution in [1.82, 2.24) is 9.80 Å². The van der Waals surface area contributed by atoms with Crippen molar-refractivity contribution in [2.45, 2.75) is 86.6 Å². The lowest BCUT2D eigenvalue weighted by Crippen LogP contribution is -2.53. The summed E-state index contributed by atoms with van der Waals surface area (Å²) in [4.78, 5) is 26.8.